The molecule has 162 valence electrons. The summed E-state index contributed by atoms with van der Waals surface area (Å²) in [7, 11) is 1.68. The fourth-order valence-electron chi connectivity index (χ4n) is 3.55. The van der Waals surface area contributed by atoms with Gasteiger partial charge < -0.3 is 10.1 Å². The van der Waals surface area contributed by atoms with Gasteiger partial charge in [-0.25, -0.2) is 0 Å². The van der Waals surface area contributed by atoms with Crippen molar-refractivity contribution < 1.29 is 22.7 Å². The van der Waals surface area contributed by atoms with E-state index in [0.717, 1.165) is 25.7 Å². The molecule has 2 saturated carbocycles. The number of nitrogens with one attached hydrogen (secondary N) is 1. The molecule has 2 fully saturated rings. The maximum Gasteiger partial charge on any atom is 0.422 e. The molecule has 0 spiro atoms. The van der Waals surface area contributed by atoms with Crippen LogP contribution in [-0.4, -0.2) is 50.4 Å². The van der Waals surface area contributed by atoms with Crippen LogP contribution >= 0.6 is 0 Å². The Bertz CT molecular complexity index is 939. The summed E-state index contributed by atoms with van der Waals surface area (Å²) < 4.78 is 42.8. The van der Waals surface area contributed by atoms with Crippen molar-refractivity contribution in [1.29, 1.82) is 0 Å². The van der Waals surface area contributed by atoms with Gasteiger partial charge in [0.1, 0.15) is 11.4 Å². The van der Waals surface area contributed by atoms with Gasteiger partial charge in [0.25, 0.3) is 5.91 Å². The number of alkyl halides is 3. The molecule has 0 saturated heterocycles. The van der Waals surface area contributed by atoms with Crippen molar-refractivity contribution >= 4 is 5.91 Å². The number of nitrogens with zero attached hydrogens (tertiary/aromatic N) is 5. The molecule has 2 aliphatic rings. The third-order valence-electron chi connectivity index (χ3n) is 5.65. The van der Waals surface area contributed by atoms with Crippen LogP contribution in [0.1, 0.15) is 60.4 Å². The molecule has 1 amide bonds. The molecule has 1 unspecified atom stereocenters. The molecule has 0 radical (unpaired) electrons. The Balaban J connectivity index is 1.48. The zero-order chi connectivity index (χ0) is 21.5. The van der Waals surface area contributed by atoms with E-state index in [2.05, 4.69) is 25.7 Å². The molecule has 2 aromatic heterocycles. The molecule has 8 nitrogen and oxygen atoms in total. The zero-order valence-corrected chi connectivity index (χ0v) is 16.7. The number of carbonyl (C=O) groups excluding carboxylic acids is 1. The third-order valence-corrected chi connectivity index (χ3v) is 5.65. The van der Waals surface area contributed by atoms with Crippen LogP contribution in [0, 0.1) is 5.92 Å². The van der Waals surface area contributed by atoms with E-state index in [1.165, 1.54) is 17.1 Å². The lowest BCUT2D eigenvalue weighted by Gasteiger charge is -2.26. The summed E-state index contributed by atoms with van der Waals surface area (Å²) in [6.07, 6.45) is 0.759. The topological polar surface area (TPSA) is 94.8 Å². The number of ether oxygens (including phenoxy) is 1. The predicted octanol–water partition coefficient (Wildman–Crippen LogP) is 2.52. The molecular formula is C19H23F3N6O2. The summed E-state index contributed by atoms with van der Waals surface area (Å²) in [5, 5.41) is 15.1. The van der Waals surface area contributed by atoms with Gasteiger partial charge in [-0.05, 0) is 42.7 Å². The number of pyridine rings is 1. The van der Waals surface area contributed by atoms with Gasteiger partial charge in [-0.1, -0.05) is 6.92 Å². The molecule has 4 rings (SSSR count). The Labute approximate surface area is 171 Å². The number of halogens is 3. The number of aromatic nitrogens is 5. The first-order chi connectivity index (χ1) is 14.2. The Kier molecular flexibility index (Phi) is 5.15. The van der Waals surface area contributed by atoms with Gasteiger partial charge in [-0.3, -0.25) is 9.78 Å². The van der Waals surface area contributed by atoms with E-state index in [1.54, 1.807) is 7.05 Å². The van der Waals surface area contributed by atoms with Crippen LogP contribution in [0.25, 0.3) is 0 Å². The maximum atomic E-state index is 12.7. The van der Waals surface area contributed by atoms with Gasteiger partial charge in [-0.2, -0.15) is 18.0 Å². The fraction of sp³-hybridized carbons (Fsp3) is 0.632. The summed E-state index contributed by atoms with van der Waals surface area (Å²) in [4.78, 5) is 18.2. The van der Waals surface area contributed by atoms with E-state index in [0.29, 0.717) is 17.3 Å². The first kappa shape index (κ1) is 20.5. The Morgan fingerprint density at radius 1 is 1.30 bits per heavy atom. The minimum Gasteiger partial charge on any atom is -0.484 e. The van der Waals surface area contributed by atoms with Crippen LogP contribution in [-0.2, 0) is 12.5 Å². The first-order valence-electron chi connectivity index (χ1n) is 9.88. The van der Waals surface area contributed by atoms with Gasteiger partial charge in [0.05, 0.1) is 12.5 Å². The van der Waals surface area contributed by atoms with E-state index >= 15 is 0 Å². The molecule has 0 aliphatic heterocycles. The number of hydrogen-bond donors (Lipinski definition) is 1. The molecule has 1 N–H and O–H groups in total. The van der Waals surface area contributed by atoms with Crippen molar-refractivity contribution in [2.75, 3.05) is 13.2 Å². The van der Waals surface area contributed by atoms with Gasteiger partial charge in [0.2, 0.25) is 0 Å². The summed E-state index contributed by atoms with van der Waals surface area (Å²) in [5.74, 6) is 0.608. The number of carbonyl (C=O) groups is 1. The highest BCUT2D eigenvalue weighted by Gasteiger charge is 2.46. The van der Waals surface area contributed by atoms with E-state index in [4.69, 9.17) is 4.74 Å². The summed E-state index contributed by atoms with van der Waals surface area (Å²) in [6, 6.07) is 1.30. The van der Waals surface area contributed by atoms with Gasteiger partial charge in [0.15, 0.2) is 12.4 Å². The zero-order valence-electron chi connectivity index (χ0n) is 16.7. The van der Waals surface area contributed by atoms with Gasteiger partial charge in [0, 0.05) is 24.4 Å². The van der Waals surface area contributed by atoms with Crippen LogP contribution in [0.2, 0.25) is 0 Å². The molecule has 11 heteroatoms. The Hall–Kier alpha value is -2.72. The fourth-order valence-corrected chi connectivity index (χ4v) is 3.55. The molecule has 2 aliphatic carbocycles. The molecule has 0 bridgehead atoms. The predicted molar refractivity (Wildman–Crippen MR) is 99.0 cm³/mol. The van der Waals surface area contributed by atoms with Crippen LogP contribution in [0.15, 0.2) is 12.3 Å². The number of hydrogen-bond acceptors (Lipinski definition) is 6. The van der Waals surface area contributed by atoms with Crippen molar-refractivity contribution in [2.45, 2.75) is 50.1 Å². The number of amides is 1. The van der Waals surface area contributed by atoms with Crippen molar-refractivity contribution in [1.82, 2.24) is 30.5 Å². The van der Waals surface area contributed by atoms with Gasteiger partial charge in [-0.15, -0.1) is 10.2 Å². The van der Waals surface area contributed by atoms with Crippen LogP contribution in [0.5, 0.6) is 5.75 Å². The second-order valence-corrected chi connectivity index (χ2v) is 8.26. The average Bonchev–Trinajstić information content (AvgIpc) is 3.61. The van der Waals surface area contributed by atoms with Crippen LogP contribution in [0.3, 0.4) is 0 Å². The van der Waals surface area contributed by atoms with Crippen molar-refractivity contribution in [3.63, 3.8) is 0 Å². The highest BCUT2D eigenvalue weighted by molar-refractivity contribution is 5.92. The van der Waals surface area contributed by atoms with E-state index in [9.17, 15) is 18.0 Å². The van der Waals surface area contributed by atoms with Crippen molar-refractivity contribution in [2.24, 2.45) is 13.0 Å². The molecule has 30 heavy (non-hydrogen) atoms. The second-order valence-electron chi connectivity index (χ2n) is 8.26. The summed E-state index contributed by atoms with van der Waals surface area (Å²) >= 11 is 0. The minimum absolute atomic E-state index is 0.0156. The highest BCUT2D eigenvalue weighted by atomic mass is 19.4. The lowest BCUT2D eigenvalue weighted by molar-refractivity contribution is -0.153. The summed E-state index contributed by atoms with van der Waals surface area (Å²) in [5.41, 5.74) is 0.150. The number of rotatable bonds is 8. The third kappa shape index (κ3) is 4.54. The van der Waals surface area contributed by atoms with Crippen LogP contribution in [0.4, 0.5) is 13.2 Å². The monoisotopic (exact) mass is 424 g/mol. The lowest BCUT2D eigenvalue weighted by atomic mass is 9.84. The quantitative estimate of drug-likeness (QED) is 0.700. The summed E-state index contributed by atoms with van der Waals surface area (Å²) in [6.45, 7) is 0.840. The molecule has 1 atom stereocenters. The molecule has 0 aromatic carbocycles. The SMILES string of the molecule is Cn1nnc(C(C)(CNC(=O)c2cc(OCC(F)(F)F)c(C3CC3)cn2)C2CC2)n1. The van der Waals surface area contributed by atoms with E-state index < -0.39 is 24.1 Å². The molecule has 2 aromatic rings. The molecule has 2 heterocycles. The van der Waals surface area contributed by atoms with Crippen LogP contribution < -0.4 is 10.1 Å². The van der Waals surface area contributed by atoms with Crippen molar-refractivity contribution in [3.8, 4) is 5.75 Å². The average molecular weight is 424 g/mol. The lowest BCUT2D eigenvalue weighted by Crippen LogP contribution is -2.41. The smallest absolute Gasteiger partial charge is 0.422 e. The van der Waals surface area contributed by atoms with Crippen molar-refractivity contribution in [3.05, 3.63) is 29.3 Å². The largest absolute Gasteiger partial charge is 0.484 e. The molecular weight excluding hydrogens is 401 g/mol. The standard InChI is InChI=1S/C19H23F3N6O2/c1-18(12-5-6-12,17-25-27-28(2)26-17)9-24-16(29)14-7-15(30-10-19(20,21)22)13(8-23-14)11-3-4-11/h7-8,11-12H,3-6,9-10H2,1-2H3,(H,24,29). The second kappa shape index (κ2) is 7.51. The number of aryl methyl sites for hydroxylation is 1. The maximum absolute atomic E-state index is 12.7. The Morgan fingerprint density at radius 3 is 2.60 bits per heavy atom. The van der Waals surface area contributed by atoms with E-state index in [1.807, 2.05) is 6.92 Å². The highest BCUT2D eigenvalue weighted by Crippen LogP contribution is 2.46. The first-order valence-corrected chi connectivity index (χ1v) is 9.88. The normalized spacial score (nSPS) is 18.7. The Morgan fingerprint density at radius 2 is 2.03 bits per heavy atom. The van der Waals surface area contributed by atoms with Gasteiger partial charge >= 0.3 is 6.18 Å². The van der Waals surface area contributed by atoms with E-state index in [-0.39, 0.29) is 23.9 Å². The number of tetrazole rings is 1. The minimum atomic E-state index is -4.46.